The molecule has 26 heavy (non-hydrogen) atoms. The molecule has 1 atom stereocenters. The van der Waals surface area contributed by atoms with Crippen LogP contribution in [0, 0.1) is 0 Å². The molecule has 5 heteroatoms. The summed E-state index contributed by atoms with van der Waals surface area (Å²) in [5, 5.41) is 2.81. The van der Waals surface area contributed by atoms with Gasteiger partial charge in [-0.3, -0.25) is 9.69 Å². The second-order valence-corrected chi connectivity index (χ2v) is 7.50. The maximum absolute atomic E-state index is 12.4. The minimum absolute atomic E-state index is 0.00214. The van der Waals surface area contributed by atoms with Crippen LogP contribution in [0.4, 0.5) is 5.69 Å². The van der Waals surface area contributed by atoms with Gasteiger partial charge < -0.3 is 10.1 Å². The number of amides is 1. The number of rotatable bonds is 9. The normalized spacial score (nSPS) is 12.0. The fourth-order valence-electron chi connectivity index (χ4n) is 2.55. The van der Waals surface area contributed by atoms with E-state index in [0.717, 1.165) is 36.0 Å². The van der Waals surface area contributed by atoms with Crippen LogP contribution in [0.15, 0.2) is 53.4 Å². The highest BCUT2D eigenvalue weighted by Crippen LogP contribution is 2.26. The Balaban J connectivity index is 1.89. The zero-order valence-electron chi connectivity index (χ0n) is 16.0. The first-order chi connectivity index (χ1) is 12.5. The molecular formula is C21H28N2O2S. The van der Waals surface area contributed by atoms with Crippen LogP contribution in [0.5, 0.6) is 5.75 Å². The highest BCUT2D eigenvalue weighted by Gasteiger charge is 2.14. The van der Waals surface area contributed by atoms with E-state index in [0.29, 0.717) is 0 Å². The van der Waals surface area contributed by atoms with Gasteiger partial charge in [-0.2, -0.15) is 0 Å². The molecule has 1 amide bonds. The Kier molecular flexibility index (Phi) is 8.01. The van der Waals surface area contributed by atoms with Gasteiger partial charge in [0.15, 0.2) is 0 Å². The quantitative estimate of drug-likeness (QED) is 0.650. The van der Waals surface area contributed by atoms with Gasteiger partial charge >= 0.3 is 0 Å². The number of nitrogens with one attached hydrogen (secondary N) is 1. The van der Waals surface area contributed by atoms with Crippen LogP contribution in [-0.4, -0.2) is 36.3 Å². The molecule has 0 saturated carbocycles. The van der Waals surface area contributed by atoms with Crippen LogP contribution >= 0.6 is 11.8 Å². The monoisotopic (exact) mass is 372 g/mol. The summed E-state index contributed by atoms with van der Waals surface area (Å²) in [6, 6.07) is 15.8. The van der Waals surface area contributed by atoms with Gasteiger partial charge in [-0.05, 0) is 62.0 Å². The Labute approximate surface area is 160 Å². The van der Waals surface area contributed by atoms with Crippen molar-refractivity contribution in [3.05, 3.63) is 54.1 Å². The lowest BCUT2D eigenvalue weighted by molar-refractivity contribution is -0.115. The molecule has 2 aromatic carbocycles. The van der Waals surface area contributed by atoms with Crippen molar-refractivity contribution in [1.29, 1.82) is 0 Å². The predicted molar refractivity (Wildman–Crippen MR) is 110 cm³/mol. The molecule has 2 aromatic rings. The maximum atomic E-state index is 12.4. The van der Waals surface area contributed by atoms with Crippen LogP contribution < -0.4 is 10.1 Å². The SMILES string of the molecule is CCN(CC)Cc1ccc(NC(=O)[C@@H](C)Sc2ccc(OC)cc2)cc1. The summed E-state index contributed by atoms with van der Waals surface area (Å²) in [5.74, 6) is 0.818. The Morgan fingerprint density at radius 2 is 1.69 bits per heavy atom. The van der Waals surface area contributed by atoms with Gasteiger partial charge in [-0.15, -0.1) is 11.8 Å². The number of nitrogens with zero attached hydrogens (tertiary/aromatic N) is 1. The Bertz CT molecular complexity index is 682. The third-order valence-corrected chi connectivity index (χ3v) is 5.38. The van der Waals surface area contributed by atoms with Gasteiger partial charge in [0.2, 0.25) is 5.91 Å². The minimum Gasteiger partial charge on any atom is -0.497 e. The molecule has 0 spiro atoms. The molecule has 0 unspecified atom stereocenters. The first kappa shape index (κ1) is 20.3. The molecule has 0 radical (unpaired) electrons. The molecule has 0 heterocycles. The van der Waals surface area contributed by atoms with Crippen molar-refractivity contribution in [2.75, 3.05) is 25.5 Å². The van der Waals surface area contributed by atoms with Gasteiger partial charge in [0, 0.05) is 17.1 Å². The average molecular weight is 373 g/mol. The zero-order valence-corrected chi connectivity index (χ0v) is 16.8. The second-order valence-electron chi connectivity index (χ2n) is 6.08. The fourth-order valence-corrected chi connectivity index (χ4v) is 3.42. The number of ether oxygens (including phenoxy) is 1. The summed E-state index contributed by atoms with van der Waals surface area (Å²) in [7, 11) is 1.64. The number of anilines is 1. The van der Waals surface area contributed by atoms with Crippen molar-refractivity contribution < 1.29 is 9.53 Å². The van der Waals surface area contributed by atoms with Gasteiger partial charge in [0.25, 0.3) is 0 Å². The van der Waals surface area contributed by atoms with Crippen LogP contribution in [0.25, 0.3) is 0 Å². The third kappa shape index (κ3) is 6.07. The van der Waals surface area contributed by atoms with E-state index in [-0.39, 0.29) is 11.2 Å². The number of carbonyl (C=O) groups is 1. The molecule has 2 rings (SSSR count). The van der Waals surface area contributed by atoms with Crippen molar-refractivity contribution in [2.45, 2.75) is 37.5 Å². The summed E-state index contributed by atoms with van der Waals surface area (Å²) in [6.45, 7) is 9.26. The number of thioether (sulfide) groups is 1. The lowest BCUT2D eigenvalue weighted by Gasteiger charge is -2.18. The van der Waals surface area contributed by atoms with Gasteiger partial charge in [0.05, 0.1) is 12.4 Å². The number of methoxy groups -OCH3 is 1. The van der Waals surface area contributed by atoms with E-state index in [1.54, 1.807) is 7.11 Å². The van der Waals surface area contributed by atoms with Crippen LogP contribution in [0.2, 0.25) is 0 Å². The van der Waals surface area contributed by atoms with E-state index < -0.39 is 0 Å². The molecule has 0 bridgehead atoms. The van der Waals surface area contributed by atoms with E-state index >= 15 is 0 Å². The smallest absolute Gasteiger partial charge is 0.237 e. The van der Waals surface area contributed by atoms with E-state index in [9.17, 15) is 4.79 Å². The summed E-state index contributed by atoms with van der Waals surface area (Å²) < 4.78 is 5.16. The summed E-state index contributed by atoms with van der Waals surface area (Å²) in [6.07, 6.45) is 0. The summed E-state index contributed by atoms with van der Waals surface area (Å²) >= 11 is 1.53. The first-order valence-electron chi connectivity index (χ1n) is 8.98. The molecule has 1 N–H and O–H groups in total. The molecule has 0 fully saturated rings. The highest BCUT2D eigenvalue weighted by atomic mass is 32.2. The van der Waals surface area contributed by atoms with E-state index in [4.69, 9.17) is 4.74 Å². The van der Waals surface area contributed by atoms with Crippen LogP contribution in [0.1, 0.15) is 26.3 Å². The molecule has 4 nitrogen and oxygen atoms in total. The first-order valence-corrected chi connectivity index (χ1v) is 9.86. The van der Waals surface area contributed by atoms with Crippen molar-refractivity contribution in [2.24, 2.45) is 0 Å². The van der Waals surface area contributed by atoms with Gasteiger partial charge in [-0.1, -0.05) is 26.0 Å². The topological polar surface area (TPSA) is 41.6 Å². The van der Waals surface area contributed by atoms with Gasteiger partial charge in [-0.25, -0.2) is 0 Å². The Morgan fingerprint density at radius 1 is 1.08 bits per heavy atom. The van der Waals surface area contributed by atoms with Crippen LogP contribution in [0.3, 0.4) is 0 Å². The number of hydrogen-bond acceptors (Lipinski definition) is 4. The zero-order chi connectivity index (χ0) is 18.9. The second kappa shape index (κ2) is 10.2. The van der Waals surface area contributed by atoms with Crippen molar-refractivity contribution in [1.82, 2.24) is 4.90 Å². The van der Waals surface area contributed by atoms with Crippen molar-refractivity contribution in [3.8, 4) is 5.75 Å². The standard InChI is InChI=1S/C21H28N2O2S/c1-5-23(6-2)15-17-7-9-18(10-8-17)22-21(24)16(3)26-20-13-11-19(25-4)12-14-20/h7-14,16H,5-6,15H2,1-4H3,(H,22,24)/t16-/m1/s1. The predicted octanol–water partition coefficient (Wildman–Crippen LogP) is 4.66. The Morgan fingerprint density at radius 3 is 2.23 bits per heavy atom. The minimum atomic E-state index is -0.182. The van der Waals surface area contributed by atoms with E-state index in [1.165, 1.54) is 17.3 Å². The molecular weight excluding hydrogens is 344 g/mol. The summed E-state index contributed by atoms with van der Waals surface area (Å²) in [4.78, 5) is 15.8. The van der Waals surface area contributed by atoms with Crippen molar-refractivity contribution >= 4 is 23.4 Å². The summed E-state index contributed by atoms with van der Waals surface area (Å²) in [5.41, 5.74) is 2.09. The fraction of sp³-hybridized carbons (Fsp3) is 0.381. The van der Waals surface area contributed by atoms with Crippen LogP contribution in [-0.2, 0) is 11.3 Å². The van der Waals surface area contributed by atoms with E-state index in [2.05, 4.69) is 36.2 Å². The molecule has 0 aliphatic heterocycles. The number of benzene rings is 2. The maximum Gasteiger partial charge on any atom is 0.237 e. The molecule has 0 aliphatic carbocycles. The Hall–Kier alpha value is -1.98. The number of hydrogen-bond donors (Lipinski definition) is 1. The number of carbonyl (C=O) groups excluding carboxylic acids is 1. The molecule has 0 aromatic heterocycles. The highest BCUT2D eigenvalue weighted by molar-refractivity contribution is 8.00. The molecule has 140 valence electrons. The van der Waals surface area contributed by atoms with E-state index in [1.807, 2.05) is 43.3 Å². The molecule has 0 aliphatic rings. The lowest BCUT2D eigenvalue weighted by atomic mass is 10.2. The third-order valence-electron chi connectivity index (χ3n) is 4.26. The van der Waals surface area contributed by atoms with Gasteiger partial charge in [0.1, 0.15) is 5.75 Å². The largest absolute Gasteiger partial charge is 0.497 e. The lowest BCUT2D eigenvalue weighted by Crippen LogP contribution is -2.23. The van der Waals surface area contributed by atoms with Crippen molar-refractivity contribution in [3.63, 3.8) is 0 Å². The average Bonchev–Trinajstić information content (AvgIpc) is 2.67. The molecule has 0 saturated heterocycles.